The highest BCUT2D eigenvalue weighted by Gasteiger charge is 2.11. The summed E-state index contributed by atoms with van der Waals surface area (Å²) in [5, 5.41) is 2.76. The lowest BCUT2D eigenvalue weighted by Gasteiger charge is -2.20. The highest BCUT2D eigenvalue weighted by Crippen LogP contribution is 2.14. The molecule has 3 N–H and O–H groups in total. The predicted molar refractivity (Wildman–Crippen MR) is 70.3 cm³/mol. The Morgan fingerprint density at radius 2 is 2.39 bits per heavy atom. The highest BCUT2D eigenvalue weighted by atomic mass is 16.5. The fraction of sp³-hybridized carbons (Fsp3) is 0.500. The van der Waals surface area contributed by atoms with Gasteiger partial charge in [0.25, 0.3) is 0 Å². The minimum absolute atomic E-state index is 0.0665. The van der Waals surface area contributed by atoms with Crippen molar-refractivity contribution in [3.05, 3.63) is 23.9 Å². The summed E-state index contributed by atoms with van der Waals surface area (Å²) in [6.45, 7) is 1.66. The Labute approximate surface area is 107 Å². The molecule has 1 amide bonds. The number of carbonyl (C=O) groups excluding carboxylic acids is 1. The molecule has 6 heteroatoms. The van der Waals surface area contributed by atoms with E-state index in [0.29, 0.717) is 19.7 Å². The van der Waals surface area contributed by atoms with Crippen molar-refractivity contribution in [3.8, 4) is 0 Å². The van der Waals surface area contributed by atoms with Crippen molar-refractivity contribution >= 4 is 11.7 Å². The van der Waals surface area contributed by atoms with Crippen LogP contribution in [0.4, 0.5) is 5.82 Å². The van der Waals surface area contributed by atoms with E-state index in [-0.39, 0.29) is 12.5 Å². The van der Waals surface area contributed by atoms with Gasteiger partial charge in [-0.05, 0) is 6.07 Å². The SMILES string of the molecule is COCCNC(=O)CN(C)c1ncccc1CN. The predicted octanol–water partition coefficient (Wildman–Crippen LogP) is -0.261. The number of hydrogen-bond donors (Lipinski definition) is 2. The molecule has 1 aromatic heterocycles. The molecule has 0 aliphatic rings. The number of carbonyl (C=O) groups is 1. The molecule has 0 saturated carbocycles. The van der Waals surface area contributed by atoms with Crippen LogP contribution in [0.15, 0.2) is 18.3 Å². The fourth-order valence-corrected chi connectivity index (χ4v) is 1.57. The zero-order valence-electron chi connectivity index (χ0n) is 10.8. The molecule has 1 heterocycles. The Bertz CT molecular complexity index is 384. The minimum Gasteiger partial charge on any atom is -0.383 e. The first kappa shape index (κ1) is 14.4. The van der Waals surface area contributed by atoms with E-state index in [4.69, 9.17) is 10.5 Å². The molecule has 0 spiro atoms. The van der Waals surface area contributed by atoms with Gasteiger partial charge in [0.2, 0.25) is 5.91 Å². The molecule has 18 heavy (non-hydrogen) atoms. The molecule has 0 atom stereocenters. The third-order valence-corrected chi connectivity index (χ3v) is 2.46. The number of ether oxygens (including phenoxy) is 1. The van der Waals surface area contributed by atoms with Crippen molar-refractivity contribution in [3.63, 3.8) is 0 Å². The van der Waals surface area contributed by atoms with Crippen molar-refractivity contribution in [2.75, 3.05) is 38.8 Å². The molecule has 0 saturated heterocycles. The first-order valence-corrected chi connectivity index (χ1v) is 5.79. The second-order valence-electron chi connectivity index (χ2n) is 3.89. The van der Waals surface area contributed by atoms with Crippen LogP contribution in [0, 0.1) is 0 Å². The molecule has 0 unspecified atom stereocenters. The molecule has 0 bridgehead atoms. The van der Waals surface area contributed by atoms with Gasteiger partial charge < -0.3 is 20.7 Å². The Hall–Kier alpha value is -1.66. The second kappa shape index (κ2) is 7.62. The average molecular weight is 252 g/mol. The summed E-state index contributed by atoms with van der Waals surface area (Å²) in [7, 11) is 3.41. The zero-order chi connectivity index (χ0) is 13.4. The van der Waals surface area contributed by atoms with Gasteiger partial charge >= 0.3 is 0 Å². The number of nitrogens with two attached hydrogens (primary N) is 1. The number of likely N-dealkylation sites (N-methyl/N-ethyl adjacent to an activating group) is 1. The third kappa shape index (κ3) is 4.31. The van der Waals surface area contributed by atoms with Gasteiger partial charge in [-0.25, -0.2) is 4.98 Å². The molecule has 1 rings (SSSR count). The minimum atomic E-state index is -0.0665. The highest BCUT2D eigenvalue weighted by molar-refractivity contribution is 5.81. The first-order chi connectivity index (χ1) is 8.69. The summed E-state index contributed by atoms with van der Waals surface area (Å²) in [4.78, 5) is 17.7. The van der Waals surface area contributed by atoms with E-state index in [1.807, 2.05) is 19.2 Å². The Morgan fingerprint density at radius 3 is 3.06 bits per heavy atom. The molecular weight excluding hydrogens is 232 g/mol. The third-order valence-electron chi connectivity index (χ3n) is 2.46. The van der Waals surface area contributed by atoms with Gasteiger partial charge in [0.05, 0.1) is 13.2 Å². The number of methoxy groups -OCH3 is 1. The van der Waals surface area contributed by atoms with Crippen LogP contribution >= 0.6 is 0 Å². The van der Waals surface area contributed by atoms with Crippen LogP contribution in [-0.2, 0) is 16.1 Å². The number of hydrogen-bond acceptors (Lipinski definition) is 5. The standard InChI is InChI=1S/C12H20N4O2/c1-16(9-11(17)14-6-7-18-2)12-10(8-13)4-3-5-15-12/h3-5H,6-9,13H2,1-2H3,(H,14,17). The molecule has 6 nitrogen and oxygen atoms in total. The maximum atomic E-state index is 11.6. The Balaban J connectivity index is 2.53. The summed E-state index contributed by atoms with van der Waals surface area (Å²) >= 11 is 0. The molecule has 100 valence electrons. The van der Waals surface area contributed by atoms with Crippen molar-refractivity contribution in [1.29, 1.82) is 0 Å². The van der Waals surface area contributed by atoms with Crippen LogP contribution in [0.5, 0.6) is 0 Å². The van der Waals surface area contributed by atoms with E-state index in [1.54, 1.807) is 18.2 Å². The average Bonchev–Trinajstić information content (AvgIpc) is 2.39. The van der Waals surface area contributed by atoms with Crippen molar-refractivity contribution < 1.29 is 9.53 Å². The summed E-state index contributed by atoms with van der Waals surface area (Å²) < 4.78 is 4.86. The monoisotopic (exact) mass is 252 g/mol. The van der Waals surface area contributed by atoms with E-state index in [9.17, 15) is 4.79 Å². The van der Waals surface area contributed by atoms with Gasteiger partial charge in [-0.3, -0.25) is 4.79 Å². The van der Waals surface area contributed by atoms with Gasteiger partial charge in [-0.1, -0.05) is 6.07 Å². The second-order valence-corrected chi connectivity index (χ2v) is 3.89. The number of amides is 1. The summed E-state index contributed by atoms with van der Waals surface area (Å²) in [6.07, 6.45) is 1.69. The molecule has 1 aromatic rings. The van der Waals surface area contributed by atoms with Crippen molar-refractivity contribution in [2.45, 2.75) is 6.54 Å². The van der Waals surface area contributed by atoms with E-state index in [0.717, 1.165) is 11.4 Å². The summed E-state index contributed by atoms with van der Waals surface area (Å²) in [5.41, 5.74) is 6.55. The van der Waals surface area contributed by atoms with E-state index in [1.165, 1.54) is 0 Å². The van der Waals surface area contributed by atoms with Gasteiger partial charge in [0, 0.05) is 39.0 Å². The van der Waals surface area contributed by atoms with Crippen molar-refractivity contribution in [1.82, 2.24) is 10.3 Å². The smallest absolute Gasteiger partial charge is 0.239 e. The van der Waals surface area contributed by atoms with Crippen LogP contribution in [0.3, 0.4) is 0 Å². The van der Waals surface area contributed by atoms with Gasteiger partial charge in [-0.2, -0.15) is 0 Å². The quantitative estimate of drug-likeness (QED) is 0.653. The molecule has 0 fully saturated rings. The summed E-state index contributed by atoms with van der Waals surface area (Å²) in [6, 6.07) is 3.74. The number of nitrogens with zero attached hydrogens (tertiary/aromatic N) is 2. The number of rotatable bonds is 7. The normalized spacial score (nSPS) is 10.2. The van der Waals surface area contributed by atoms with Crippen LogP contribution in [0.2, 0.25) is 0 Å². The van der Waals surface area contributed by atoms with E-state index >= 15 is 0 Å². The first-order valence-electron chi connectivity index (χ1n) is 5.79. The van der Waals surface area contributed by atoms with E-state index < -0.39 is 0 Å². The number of pyridine rings is 1. The number of nitrogens with one attached hydrogen (secondary N) is 1. The maximum absolute atomic E-state index is 11.6. The van der Waals surface area contributed by atoms with Crippen LogP contribution in [-0.4, -0.2) is 44.7 Å². The van der Waals surface area contributed by atoms with Crippen LogP contribution < -0.4 is 16.0 Å². The maximum Gasteiger partial charge on any atom is 0.239 e. The number of aromatic nitrogens is 1. The molecular formula is C12H20N4O2. The van der Waals surface area contributed by atoms with Gasteiger partial charge in [0.15, 0.2) is 0 Å². The lowest BCUT2D eigenvalue weighted by atomic mass is 10.2. The largest absolute Gasteiger partial charge is 0.383 e. The van der Waals surface area contributed by atoms with Crippen LogP contribution in [0.1, 0.15) is 5.56 Å². The molecule has 0 aliphatic heterocycles. The van der Waals surface area contributed by atoms with E-state index in [2.05, 4.69) is 10.3 Å². The van der Waals surface area contributed by atoms with Crippen molar-refractivity contribution in [2.24, 2.45) is 5.73 Å². The van der Waals surface area contributed by atoms with Gasteiger partial charge in [0.1, 0.15) is 5.82 Å². The molecule has 0 aromatic carbocycles. The lowest BCUT2D eigenvalue weighted by Crippen LogP contribution is -2.37. The Morgan fingerprint density at radius 1 is 1.61 bits per heavy atom. The van der Waals surface area contributed by atoms with Gasteiger partial charge in [-0.15, -0.1) is 0 Å². The lowest BCUT2D eigenvalue weighted by molar-refractivity contribution is -0.119. The number of anilines is 1. The Kier molecular flexibility index (Phi) is 6.10. The molecule has 0 radical (unpaired) electrons. The fourth-order valence-electron chi connectivity index (χ4n) is 1.57. The zero-order valence-corrected chi connectivity index (χ0v) is 10.8. The molecule has 0 aliphatic carbocycles. The summed E-state index contributed by atoms with van der Waals surface area (Å²) in [5.74, 6) is 0.671. The van der Waals surface area contributed by atoms with Crippen LogP contribution in [0.25, 0.3) is 0 Å². The topological polar surface area (TPSA) is 80.5 Å².